The number of alkyl halides is 4. The van der Waals surface area contributed by atoms with E-state index in [9.17, 15) is 17.6 Å². The van der Waals surface area contributed by atoms with Crippen LogP contribution in [-0.2, 0) is 21.7 Å². The number of hydrogen-bond donors (Lipinski definition) is 0. The molecule has 244 valence electrons. The van der Waals surface area contributed by atoms with Gasteiger partial charge in [-0.3, -0.25) is 0 Å². The van der Waals surface area contributed by atoms with Crippen molar-refractivity contribution in [2.75, 3.05) is 0 Å². The van der Waals surface area contributed by atoms with E-state index in [0.29, 0.717) is 0 Å². The van der Waals surface area contributed by atoms with Crippen LogP contribution in [0.15, 0.2) is 154 Å². The molecule has 0 fully saturated rings. The second-order valence-corrected chi connectivity index (χ2v) is 16.7. The molecule has 7 heteroatoms. The van der Waals surface area contributed by atoms with Gasteiger partial charge in [-0.1, -0.05) is 120 Å². The van der Waals surface area contributed by atoms with Crippen LogP contribution in [0.25, 0.3) is 0 Å². The normalized spacial score (nSPS) is 11.2. The summed E-state index contributed by atoms with van der Waals surface area (Å²) in [5.74, 6) is 0. The third-order valence-electron chi connectivity index (χ3n) is 6.36. The molecule has 0 aromatic heterocycles. The molecule has 0 amide bonds. The molecule has 0 heterocycles. The molecule has 0 nitrogen and oxygen atoms in total. The van der Waals surface area contributed by atoms with Crippen molar-refractivity contribution in [1.82, 2.24) is 0 Å². The van der Waals surface area contributed by atoms with Crippen molar-refractivity contribution in [3.63, 3.8) is 0 Å². The lowest BCUT2D eigenvalue weighted by molar-refractivity contribution is -0.237. The lowest BCUT2D eigenvalue weighted by Crippen LogP contribution is -2.10. The fourth-order valence-electron chi connectivity index (χ4n) is 3.98. The van der Waals surface area contributed by atoms with E-state index in [4.69, 9.17) is 0 Å². The highest BCUT2D eigenvalue weighted by molar-refractivity contribution is 14.1. The molecule has 5 aromatic rings. The Kier molecular flexibility index (Phi) is 16.3. The average molecular weight is 872 g/mol. The maximum absolute atomic E-state index is 9.69. The summed E-state index contributed by atoms with van der Waals surface area (Å²) in [6, 6.07) is 49.6. The Hall–Kier alpha value is -2.37. The van der Waals surface area contributed by atoms with Gasteiger partial charge in [0.2, 0.25) is 0 Å². The first-order valence-electron chi connectivity index (χ1n) is 14.6. The van der Waals surface area contributed by atoms with Gasteiger partial charge in [0, 0.05) is 7.14 Å². The number of hydrogen-bond acceptors (Lipinski definition) is 0. The molecular formula is C39H41F4I2S+. The molecule has 0 radical (unpaired) electrons. The Morgan fingerprint density at radius 3 is 0.804 bits per heavy atom. The van der Waals surface area contributed by atoms with Gasteiger partial charge in [-0.2, -0.15) is 0 Å². The topological polar surface area (TPSA) is 0 Å². The van der Waals surface area contributed by atoms with Crippen molar-refractivity contribution >= 4 is 56.1 Å². The van der Waals surface area contributed by atoms with Crippen LogP contribution in [0, 0.1) is 7.14 Å². The van der Waals surface area contributed by atoms with E-state index in [1.165, 1.54) is 33.0 Å². The van der Waals surface area contributed by atoms with Crippen LogP contribution in [-0.4, -0.2) is 6.43 Å². The zero-order valence-electron chi connectivity index (χ0n) is 27.0. The summed E-state index contributed by atoms with van der Waals surface area (Å²) in [5.41, 5.74) is 3.37. The summed E-state index contributed by atoms with van der Waals surface area (Å²) in [5, 5.41) is 0. The zero-order chi connectivity index (χ0) is 34.4. The van der Waals surface area contributed by atoms with E-state index in [0.717, 1.165) is 0 Å². The summed E-state index contributed by atoms with van der Waals surface area (Å²) in [6.45, 7) is 13.4. The molecule has 5 rings (SSSR count). The van der Waals surface area contributed by atoms with Crippen molar-refractivity contribution in [3.05, 3.63) is 158 Å². The van der Waals surface area contributed by atoms with Crippen molar-refractivity contribution in [2.45, 2.75) is 73.5 Å². The van der Waals surface area contributed by atoms with E-state index in [1.807, 2.05) is 0 Å². The number of benzene rings is 5. The quantitative estimate of drug-likeness (QED) is 0.0963. The van der Waals surface area contributed by atoms with Gasteiger partial charge in [0.15, 0.2) is 14.7 Å². The fraction of sp³-hybridized carbons (Fsp3) is 0.231. The maximum atomic E-state index is 9.69. The van der Waals surface area contributed by atoms with Crippen LogP contribution >= 0.6 is 45.2 Å². The average Bonchev–Trinajstić information content (AvgIpc) is 2.98. The van der Waals surface area contributed by atoms with Gasteiger partial charge in [0.1, 0.15) is 0 Å². The van der Waals surface area contributed by atoms with E-state index in [1.54, 1.807) is 0 Å². The van der Waals surface area contributed by atoms with Crippen LogP contribution in [0.5, 0.6) is 0 Å². The van der Waals surface area contributed by atoms with Gasteiger partial charge in [-0.25, -0.2) is 0 Å². The largest absolute Gasteiger partial charge is 0.559 e. The third-order valence-corrected chi connectivity index (χ3v) is 10.0. The molecule has 46 heavy (non-hydrogen) atoms. The molecule has 0 N–H and O–H groups in total. The Balaban J connectivity index is 0.000000236. The Morgan fingerprint density at radius 1 is 0.391 bits per heavy atom. The summed E-state index contributed by atoms with van der Waals surface area (Å²) >= 11 is 4.65. The SMILES string of the molecule is CC(C)(C)c1ccc(I)cc1.CC(C)(C)c1ccc(I)cc1.FC(F)(F)F.c1ccc([S+](c2ccccc2)c2ccccc2)cc1. The van der Waals surface area contributed by atoms with Crippen molar-refractivity contribution in [3.8, 4) is 0 Å². The van der Waals surface area contributed by atoms with Crippen LogP contribution in [0.1, 0.15) is 52.7 Å². The first-order chi connectivity index (χ1) is 21.4. The molecule has 5 aromatic carbocycles. The summed E-state index contributed by atoms with van der Waals surface area (Å²) in [7, 11) is -0.0146. The second kappa shape index (κ2) is 18.8. The first-order valence-corrected chi connectivity index (χ1v) is 18.0. The zero-order valence-corrected chi connectivity index (χ0v) is 32.1. The van der Waals surface area contributed by atoms with E-state index in [-0.39, 0.29) is 21.7 Å². The highest BCUT2D eigenvalue weighted by Crippen LogP contribution is 2.30. The molecule has 0 atom stereocenters. The Morgan fingerprint density at radius 2 is 0.609 bits per heavy atom. The van der Waals surface area contributed by atoms with Gasteiger partial charge in [-0.15, -0.1) is 17.6 Å². The lowest BCUT2D eigenvalue weighted by atomic mass is 9.87. The van der Waals surface area contributed by atoms with Crippen molar-refractivity contribution < 1.29 is 17.6 Å². The lowest BCUT2D eigenvalue weighted by Gasteiger charge is -2.18. The monoisotopic (exact) mass is 871 g/mol. The Bertz CT molecular complexity index is 1370. The molecule has 0 spiro atoms. The second-order valence-electron chi connectivity index (χ2n) is 12.2. The molecule has 0 aliphatic heterocycles. The van der Waals surface area contributed by atoms with Gasteiger partial charge < -0.3 is 0 Å². The highest BCUT2D eigenvalue weighted by Gasteiger charge is 2.27. The van der Waals surface area contributed by atoms with E-state index >= 15 is 0 Å². The minimum atomic E-state index is -5.50. The van der Waals surface area contributed by atoms with Crippen LogP contribution in [0.4, 0.5) is 17.6 Å². The first kappa shape index (κ1) is 39.8. The molecule has 0 saturated carbocycles. The van der Waals surface area contributed by atoms with Crippen molar-refractivity contribution in [2.24, 2.45) is 0 Å². The van der Waals surface area contributed by atoms with Crippen LogP contribution in [0.2, 0.25) is 0 Å². The minimum Gasteiger partial charge on any atom is -0.140 e. The minimum absolute atomic E-state index is 0.0146. The standard InChI is InChI=1S/C18H15S.2C10H13I.CF4/c1-4-10-16(11-5-1)19(17-12-6-2-7-13-17)18-14-8-3-9-15-18;2*1-10(2,3)8-4-6-9(11)7-5-8;2-1(3,4)5/h1-15H;2*4-7H,1-3H3;/q+1;;;. The number of rotatable bonds is 3. The molecule has 0 aliphatic rings. The van der Waals surface area contributed by atoms with Gasteiger partial charge in [0.05, 0.1) is 10.9 Å². The molecule has 0 bridgehead atoms. The smallest absolute Gasteiger partial charge is 0.140 e. The molecule has 0 unspecified atom stereocenters. The highest BCUT2D eigenvalue weighted by atomic mass is 127. The molecular weight excluding hydrogens is 830 g/mol. The number of halogens is 6. The molecule has 0 aliphatic carbocycles. The van der Waals surface area contributed by atoms with Gasteiger partial charge in [-0.05, 0) is 128 Å². The van der Waals surface area contributed by atoms with Crippen molar-refractivity contribution in [1.29, 1.82) is 0 Å². The van der Waals surface area contributed by atoms with Crippen LogP contribution in [0.3, 0.4) is 0 Å². The van der Waals surface area contributed by atoms with E-state index in [2.05, 4.69) is 226 Å². The third kappa shape index (κ3) is 16.0. The summed E-state index contributed by atoms with van der Waals surface area (Å²) in [6.07, 6.45) is -5.50. The summed E-state index contributed by atoms with van der Waals surface area (Å²) < 4.78 is 41.4. The predicted molar refractivity (Wildman–Crippen MR) is 204 cm³/mol. The van der Waals surface area contributed by atoms with E-state index < -0.39 is 6.43 Å². The predicted octanol–water partition coefficient (Wildman–Crippen LogP) is 13.4. The van der Waals surface area contributed by atoms with Crippen LogP contribution < -0.4 is 0 Å². The van der Waals surface area contributed by atoms with Gasteiger partial charge >= 0.3 is 6.43 Å². The maximum Gasteiger partial charge on any atom is 0.559 e. The molecule has 0 saturated heterocycles. The fourth-order valence-corrected chi connectivity index (χ4v) is 6.80. The Labute approximate surface area is 302 Å². The van der Waals surface area contributed by atoms with Gasteiger partial charge in [0.25, 0.3) is 0 Å². The summed E-state index contributed by atoms with van der Waals surface area (Å²) in [4.78, 5) is 4.08.